The number of nitrogens with zero attached hydrogens (tertiary/aromatic N) is 3. The van der Waals surface area contributed by atoms with Crippen molar-refractivity contribution in [1.82, 2.24) is 25.4 Å². The number of halogens is 1. The van der Waals surface area contributed by atoms with E-state index in [9.17, 15) is 4.79 Å². The van der Waals surface area contributed by atoms with Gasteiger partial charge >= 0.3 is 0 Å². The van der Waals surface area contributed by atoms with Crippen molar-refractivity contribution >= 4 is 18.3 Å². The first-order valence-corrected chi connectivity index (χ1v) is 5.15. The first-order chi connectivity index (χ1) is 7.31. The molecule has 1 aliphatic heterocycles. The van der Waals surface area contributed by atoms with Gasteiger partial charge in [0.15, 0.2) is 0 Å². The average molecular weight is 246 g/mol. The quantitative estimate of drug-likeness (QED) is 0.769. The van der Waals surface area contributed by atoms with Crippen molar-refractivity contribution in [3.05, 3.63) is 12.2 Å². The van der Waals surface area contributed by atoms with Gasteiger partial charge in [0.25, 0.3) is 5.91 Å². The minimum atomic E-state index is -0.238. The van der Waals surface area contributed by atoms with Crippen LogP contribution in [-0.2, 0) is 0 Å². The van der Waals surface area contributed by atoms with Crippen molar-refractivity contribution in [1.29, 1.82) is 0 Å². The lowest BCUT2D eigenvalue weighted by Gasteiger charge is -2.22. The van der Waals surface area contributed by atoms with Gasteiger partial charge in [-0.25, -0.2) is 9.67 Å². The molecule has 2 heterocycles. The van der Waals surface area contributed by atoms with E-state index in [0.717, 1.165) is 25.9 Å². The highest BCUT2D eigenvalue weighted by molar-refractivity contribution is 5.89. The summed E-state index contributed by atoms with van der Waals surface area (Å²) in [7, 11) is 1.57. The zero-order valence-corrected chi connectivity index (χ0v) is 9.96. The van der Waals surface area contributed by atoms with Gasteiger partial charge in [-0.2, -0.15) is 0 Å². The Morgan fingerprint density at radius 3 is 3.12 bits per heavy atom. The molecular weight excluding hydrogens is 230 g/mol. The van der Waals surface area contributed by atoms with Crippen LogP contribution in [0.3, 0.4) is 0 Å². The average Bonchev–Trinajstić information content (AvgIpc) is 2.78. The normalized spacial score (nSPS) is 19.9. The van der Waals surface area contributed by atoms with Gasteiger partial charge in [-0.3, -0.25) is 4.79 Å². The Morgan fingerprint density at radius 1 is 1.69 bits per heavy atom. The van der Waals surface area contributed by atoms with Crippen molar-refractivity contribution in [3.8, 4) is 0 Å². The van der Waals surface area contributed by atoms with E-state index in [1.807, 2.05) is 0 Å². The zero-order chi connectivity index (χ0) is 10.7. The fraction of sp³-hybridized carbons (Fsp3) is 0.667. The summed E-state index contributed by atoms with van der Waals surface area (Å²) in [5, 5.41) is 9.96. The molecule has 2 N–H and O–H groups in total. The summed E-state index contributed by atoms with van der Waals surface area (Å²) in [6.45, 7) is 1.96. The molecule has 0 aliphatic carbocycles. The minimum Gasteiger partial charge on any atom is -0.352 e. The van der Waals surface area contributed by atoms with E-state index >= 15 is 0 Å². The highest BCUT2D eigenvalue weighted by Gasteiger charge is 2.17. The molecule has 2 rings (SSSR count). The van der Waals surface area contributed by atoms with E-state index in [2.05, 4.69) is 20.7 Å². The fourth-order valence-electron chi connectivity index (χ4n) is 1.73. The molecule has 1 saturated heterocycles. The number of aromatic nitrogens is 3. The van der Waals surface area contributed by atoms with Gasteiger partial charge in [-0.1, -0.05) is 0 Å². The van der Waals surface area contributed by atoms with E-state index in [-0.39, 0.29) is 24.1 Å². The molecule has 0 bridgehead atoms. The first kappa shape index (κ1) is 12.9. The summed E-state index contributed by atoms with van der Waals surface area (Å²) >= 11 is 0. The number of nitrogens with one attached hydrogen (secondary N) is 2. The predicted molar refractivity (Wildman–Crippen MR) is 61.8 cm³/mol. The van der Waals surface area contributed by atoms with Crippen LogP contribution in [0.15, 0.2) is 6.33 Å². The number of hydrogen-bond donors (Lipinski definition) is 2. The summed E-state index contributed by atoms with van der Waals surface area (Å²) in [5.41, 5.74) is 0. The number of piperidine rings is 1. The van der Waals surface area contributed by atoms with E-state index in [1.54, 1.807) is 18.1 Å². The van der Waals surface area contributed by atoms with Gasteiger partial charge in [0.1, 0.15) is 6.33 Å². The molecular formula is C9H16ClN5O. The molecule has 0 aromatic carbocycles. The van der Waals surface area contributed by atoms with E-state index in [4.69, 9.17) is 0 Å². The van der Waals surface area contributed by atoms with Crippen LogP contribution < -0.4 is 10.6 Å². The van der Waals surface area contributed by atoms with Crippen LogP contribution in [0.4, 0.5) is 0 Å². The molecule has 6 nitrogen and oxygen atoms in total. The molecule has 90 valence electrons. The third-order valence-corrected chi connectivity index (χ3v) is 2.58. The Balaban J connectivity index is 0.00000128. The van der Waals surface area contributed by atoms with Crippen LogP contribution in [0.1, 0.15) is 29.5 Å². The van der Waals surface area contributed by atoms with E-state index in [0.29, 0.717) is 6.04 Å². The largest absolute Gasteiger partial charge is 0.352 e. The first-order valence-electron chi connectivity index (χ1n) is 5.15. The molecule has 1 amide bonds. The maximum absolute atomic E-state index is 11.2. The molecule has 0 radical (unpaired) electrons. The molecule has 1 atom stereocenters. The lowest BCUT2D eigenvalue weighted by atomic mass is 10.1. The van der Waals surface area contributed by atoms with Crippen molar-refractivity contribution in [2.75, 3.05) is 20.1 Å². The summed E-state index contributed by atoms with van der Waals surface area (Å²) in [5.74, 6) is 0.000548. The summed E-state index contributed by atoms with van der Waals surface area (Å²) < 4.78 is 1.77. The second-order valence-electron chi connectivity index (χ2n) is 3.63. The maximum atomic E-state index is 11.2. The Hall–Kier alpha value is -1.14. The molecule has 1 aromatic rings. The molecule has 1 unspecified atom stereocenters. The van der Waals surface area contributed by atoms with Gasteiger partial charge < -0.3 is 10.6 Å². The van der Waals surface area contributed by atoms with Gasteiger partial charge in [0.05, 0.1) is 6.04 Å². The van der Waals surface area contributed by atoms with Crippen molar-refractivity contribution in [3.63, 3.8) is 0 Å². The smallest absolute Gasteiger partial charge is 0.290 e. The van der Waals surface area contributed by atoms with Gasteiger partial charge in [-0.15, -0.1) is 17.5 Å². The predicted octanol–water partition coefficient (Wildman–Crippen LogP) is -0.0160. The van der Waals surface area contributed by atoms with Crippen LogP contribution in [0, 0.1) is 0 Å². The highest BCUT2D eigenvalue weighted by Crippen LogP contribution is 2.14. The monoisotopic (exact) mass is 245 g/mol. The van der Waals surface area contributed by atoms with E-state index < -0.39 is 0 Å². The third-order valence-electron chi connectivity index (χ3n) is 2.58. The second kappa shape index (κ2) is 5.81. The van der Waals surface area contributed by atoms with Gasteiger partial charge in [0, 0.05) is 13.6 Å². The van der Waals surface area contributed by atoms with Gasteiger partial charge in [0.2, 0.25) is 5.82 Å². The van der Waals surface area contributed by atoms with Crippen LogP contribution >= 0.6 is 12.4 Å². The minimum absolute atomic E-state index is 0. The van der Waals surface area contributed by atoms with Crippen molar-refractivity contribution in [2.45, 2.75) is 18.9 Å². The standard InChI is InChI=1S/C9H15N5O.ClH/c1-10-9(15)8-12-6-14(13-8)7-3-2-4-11-5-7;/h6-7,11H,2-5H2,1H3,(H,10,15);1H. The Labute approximate surface area is 100 Å². The highest BCUT2D eigenvalue weighted by atomic mass is 35.5. The van der Waals surface area contributed by atoms with Crippen molar-refractivity contribution in [2.24, 2.45) is 0 Å². The SMILES string of the molecule is CNC(=O)c1ncn(C2CCCNC2)n1.Cl. The molecule has 0 spiro atoms. The number of carbonyl (C=O) groups excluding carboxylic acids is 1. The lowest BCUT2D eigenvalue weighted by molar-refractivity contribution is 0.0952. The molecule has 1 aliphatic rings. The van der Waals surface area contributed by atoms with Crippen LogP contribution in [0.25, 0.3) is 0 Å². The van der Waals surface area contributed by atoms with Crippen molar-refractivity contribution < 1.29 is 4.79 Å². The Kier molecular flexibility index (Phi) is 4.70. The number of rotatable bonds is 2. The van der Waals surface area contributed by atoms with Crippen LogP contribution in [0.5, 0.6) is 0 Å². The third kappa shape index (κ3) is 2.70. The fourth-order valence-corrected chi connectivity index (χ4v) is 1.73. The lowest BCUT2D eigenvalue weighted by Crippen LogP contribution is -2.32. The molecule has 1 fully saturated rings. The number of hydrogen-bond acceptors (Lipinski definition) is 4. The summed E-state index contributed by atoms with van der Waals surface area (Å²) in [6, 6.07) is 0.324. The molecule has 16 heavy (non-hydrogen) atoms. The summed E-state index contributed by atoms with van der Waals surface area (Å²) in [4.78, 5) is 15.2. The number of amides is 1. The Bertz CT molecular complexity index is 347. The summed E-state index contributed by atoms with van der Waals surface area (Å²) in [6.07, 6.45) is 3.85. The van der Waals surface area contributed by atoms with Crippen LogP contribution in [0.2, 0.25) is 0 Å². The molecule has 7 heteroatoms. The zero-order valence-electron chi connectivity index (χ0n) is 9.14. The Morgan fingerprint density at radius 2 is 2.50 bits per heavy atom. The maximum Gasteiger partial charge on any atom is 0.290 e. The van der Waals surface area contributed by atoms with E-state index in [1.165, 1.54) is 0 Å². The molecule has 1 aromatic heterocycles. The number of carbonyl (C=O) groups is 1. The topological polar surface area (TPSA) is 71.8 Å². The van der Waals surface area contributed by atoms with Crippen LogP contribution in [-0.4, -0.2) is 40.8 Å². The second-order valence-corrected chi connectivity index (χ2v) is 3.63. The molecule has 0 saturated carbocycles. The van der Waals surface area contributed by atoms with Gasteiger partial charge in [-0.05, 0) is 19.4 Å².